The number of nitrogens with one attached hydrogen (secondary N) is 1. The Labute approximate surface area is 198 Å². The van der Waals surface area contributed by atoms with Gasteiger partial charge in [-0.15, -0.1) is 0 Å². The van der Waals surface area contributed by atoms with E-state index >= 15 is 0 Å². The molecule has 0 aliphatic heterocycles. The molecule has 9 heteroatoms. The lowest BCUT2D eigenvalue weighted by Crippen LogP contribution is -2.31. The fourth-order valence-corrected chi connectivity index (χ4v) is 4.81. The molecule has 1 amide bonds. The molecule has 0 aromatic heterocycles. The maximum Gasteiger partial charge on any atom is 0.243 e. The number of aryl methyl sites for hydroxylation is 2. The van der Waals surface area contributed by atoms with Gasteiger partial charge in [0.1, 0.15) is 5.75 Å². The molecule has 182 valence electrons. The van der Waals surface area contributed by atoms with E-state index < -0.39 is 10.0 Å². The minimum atomic E-state index is -3.71. The fraction of sp³-hybridized carbons (Fsp3) is 0.458. The van der Waals surface area contributed by atoms with E-state index in [9.17, 15) is 13.2 Å². The van der Waals surface area contributed by atoms with E-state index in [-0.39, 0.29) is 23.8 Å². The van der Waals surface area contributed by atoms with Crippen LogP contribution in [0.15, 0.2) is 41.3 Å². The highest BCUT2D eigenvalue weighted by Crippen LogP contribution is 2.24. The van der Waals surface area contributed by atoms with Crippen LogP contribution in [0.4, 0.5) is 11.4 Å². The second kappa shape index (κ2) is 11.5. The third-order valence-electron chi connectivity index (χ3n) is 5.50. The summed E-state index contributed by atoms with van der Waals surface area (Å²) in [6.45, 7) is 5.65. The summed E-state index contributed by atoms with van der Waals surface area (Å²) in [6, 6.07) is 10.6. The number of sulfonamides is 1. The number of carbonyl (C=O) groups excluding carboxylic acids is 1. The van der Waals surface area contributed by atoms with E-state index in [1.165, 1.54) is 24.5 Å². The molecule has 33 heavy (non-hydrogen) atoms. The normalized spacial score (nSPS) is 11.7. The largest absolute Gasteiger partial charge is 0.497 e. The molecule has 0 atom stereocenters. The first-order chi connectivity index (χ1) is 15.4. The van der Waals surface area contributed by atoms with E-state index in [4.69, 9.17) is 4.74 Å². The molecule has 8 nitrogen and oxygen atoms in total. The van der Waals surface area contributed by atoms with Gasteiger partial charge in [-0.1, -0.05) is 0 Å². The lowest BCUT2D eigenvalue weighted by Gasteiger charge is -2.24. The topological polar surface area (TPSA) is 82.2 Å². The summed E-state index contributed by atoms with van der Waals surface area (Å²) in [7, 11) is 5.44. The molecule has 0 unspecified atom stereocenters. The molecule has 0 aliphatic carbocycles. The number of hydrogen-bond acceptors (Lipinski definition) is 6. The maximum absolute atomic E-state index is 12.9. The fourth-order valence-electron chi connectivity index (χ4n) is 3.44. The van der Waals surface area contributed by atoms with Gasteiger partial charge in [0.2, 0.25) is 15.9 Å². The van der Waals surface area contributed by atoms with Crippen LogP contribution in [0.5, 0.6) is 5.75 Å². The van der Waals surface area contributed by atoms with Crippen LogP contribution in [0.1, 0.15) is 17.5 Å². The third kappa shape index (κ3) is 7.18. The van der Waals surface area contributed by atoms with Gasteiger partial charge in [0.25, 0.3) is 0 Å². The number of hydrogen-bond donors (Lipinski definition) is 1. The van der Waals surface area contributed by atoms with Crippen LogP contribution >= 0.6 is 0 Å². The van der Waals surface area contributed by atoms with Gasteiger partial charge in [-0.25, -0.2) is 12.7 Å². The molecule has 0 aliphatic rings. The Balaban J connectivity index is 1.97. The van der Waals surface area contributed by atoms with Crippen molar-refractivity contribution < 1.29 is 17.9 Å². The molecule has 2 aromatic rings. The Kier molecular flexibility index (Phi) is 9.27. The highest BCUT2D eigenvalue weighted by Gasteiger charge is 2.23. The van der Waals surface area contributed by atoms with Crippen LogP contribution in [0.3, 0.4) is 0 Å². The maximum atomic E-state index is 12.9. The molecule has 0 fully saturated rings. The summed E-state index contributed by atoms with van der Waals surface area (Å²) in [5, 5.41) is 2.87. The molecule has 2 aromatic carbocycles. The number of benzene rings is 2. The summed E-state index contributed by atoms with van der Waals surface area (Å²) in [6.07, 6.45) is 0.0501. The predicted octanol–water partition coefficient (Wildman–Crippen LogP) is 2.96. The van der Waals surface area contributed by atoms with Crippen molar-refractivity contribution in [3.05, 3.63) is 47.5 Å². The highest BCUT2D eigenvalue weighted by atomic mass is 32.2. The van der Waals surface area contributed by atoms with Gasteiger partial charge in [0.15, 0.2) is 0 Å². The van der Waals surface area contributed by atoms with Crippen molar-refractivity contribution in [2.45, 2.75) is 25.2 Å². The molecular formula is C24H36N4O4S. The van der Waals surface area contributed by atoms with Gasteiger partial charge in [-0.05, 0) is 75.5 Å². The van der Waals surface area contributed by atoms with E-state index in [0.29, 0.717) is 17.0 Å². The first-order valence-electron chi connectivity index (χ1n) is 10.8. The molecule has 0 bridgehead atoms. The van der Waals surface area contributed by atoms with Crippen molar-refractivity contribution >= 4 is 27.3 Å². The first-order valence-corrected chi connectivity index (χ1v) is 12.3. The van der Waals surface area contributed by atoms with Crippen molar-refractivity contribution in [1.82, 2.24) is 9.21 Å². The molecule has 0 heterocycles. The van der Waals surface area contributed by atoms with Gasteiger partial charge in [0, 0.05) is 51.5 Å². The van der Waals surface area contributed by atoms with Crippen LogP contribution < -0.4 is 15.0 Å². The number of anilines is 2. The van der Waals surface area contributed by atoms with Crippen molar-refractivity contribution in [1.29, 1.82) is 0 Å². The van der Waals surface area contributed by atoms with Gasteiger partial charge in [0.05, 0.1) is 12.0 Å². The Morgan fingerprint density at radius 3 is 2.21 bits per heavy atom. The Morgan fingerprint density at radius 1 is 0.939 bits per heavy atom. The standard InChI is InChI=1S/C24H36N4O4S/c1-18-16-20(8-10-22(18)27(5)15-14-26(3)4)25-24(29)12-13-28(6)33(30,31)23-11-9-21(32-7)17-19(23)2/h8-11,16-17H,12-15H2,1-7H3,(H,25,29). The van der Waals surface area contributed by atoms with Gasteiger partial charge < -0.3 is 19.9 Å². The smallest absolute Gasteiger partial charge is 0.243 e. The quantitative estimate of drug-likeness (QED) is 0.537. The van der Waals surface area contributed by atoms with Crippen molar-refractivity contribution in [2.24, 2.45) is 0 Å². The monoisotopic (exact) mass is 476 g/mol. The Bertz CT molecular complexity index is 1070. The van der Waals surface area contributed by atoms with Gasteiger partial charge in [-0.3, -0.25) is 4.79 Å². The zero-order chi connectivity index (χ0) is 24.8. The zero-order valence-electron chi connectivity index (χ0n) is 20.7. The summed E-state index contributed by atoms with van der Waals surface area (Å²) < 4.78 is 32.2. The first kappa shape index (κ1) is 26.6. The molecule has 0 saturated heterocycles. The Hall–Kier alpha value is -2.62. The second-order valence-electron chi connectivity index (χ2n) is 8.48. The van der Waals surface area contributed by atoms with Crippen LogP contribution in [0, 0.1) is 13.8 Å². The van der Waals surface area contributed by atoms with Crippen molar-refractivity contribution in [2.75, 3.05) is 65.2 Å². The molecule has 0 saturated carbocycles. The lowest BCUT2D eigenvalue weighted by molar-refractivity contribution is -0.116. The van der Waals surface area contributed by atoms with Crippen LogP contribution in [-0.4, -0.2) is 78.5 Å². The van der Waals surface area contributed by atoms with Gasteiger partial charge >= 0.3 is 0 Å². The molecular weight excluding hydrogens is 440 g/mol. The second-order valence-corrected chi connectivity index (χ2v) is 10.5. The lowest BCUT2D eigenvalue weighted by atomic mass is 10.1. The van der Waals surface area contributed by atoms with E-state index in [1.54, 1.807) is 19.1 Å². The van der Waals surface area contributed by atoms with E-state index in [1.807, 2.05) is 46.3 Å². The number of methoxy groups -OCH3 is 1. The number of amides is 1. The summed E-state index contributed by atoms with van der Waals surface area (Å²) in [5.41, 5.74) is 3.45. The number of nitrogens with zero attached hydrogens (tertiary/aromatic N) is 3. The number of likely N-dealkylation sites (N-methyl/N-ethyl adjacent to an activating group) is 2. The minimum Gasteiger partial charge on any atom is -0.497 e. The minimum absolute atomic E-state index is 0.0501. The molecule has 0 spiro atoms. The van der Waals surface area contributed by atoms with Crippen LogP contribution in [0.2, 0.25) is 0 Å². The molecule has 0 radical (unpaired) electrons. The average molecular weight is 477 g/mol. The van der Waals surface area contributed by atoms with Crippen LogP contribution in [-0.2, 0) is 14.8 Å². The number of carbonyl (C=O) groups is 1. The Morgan fingerprint density at radius 2 is 1.64 bits per heavy atom. The summed E-state index contributed by atoms with van der Waals surface area (Å²) in [5.74, 6) is 0.357. The van der Waals surface area contributed by atoms with Crippen molar-refractivity contribution in [3.8, 4) is 5.75 Å². The third-order valence-corrected chi connectivity index (χ3v) is 7.52. The molecule has 2 rings (SSSR count). The zero-order valence-corrected chi connectivity index (χ0v) is 21.5. The number of ether oxygens (including phenoxy) is 1. The van der Waals surface area contributed by atoms with E-state index in [0.717, 1.165) is 24.3 Å². The van der Waals surface area contributed by atoms with Gasteiger partial charge in [-0.2, -0.15) is 0 Å². The predicted molar refractivity (Wildman–Crippen MR) is 134 cm³/mol. The number of rotatable bonds is 11. The SMILES string of the molecule is COc1ccc(S(=O)(=O)N(C)CCC(=O)Nc2ccc(N(C)CCN(C)C)c(C)c2)c(C)c1. The highest BCUT2D eigenvalue weighted by molar-refractivity contribution is 7.89. The van der Waals surface area contributed by atoms with Crippen molar-refractivity contribution in [3.63, 3.8) is 0 Å². The summed E-state index contributed by atoms with van der Waals surface area (Å²) in [4.78, 5) is 17.0. The summed E-state index contributed by atoms with van der Waals surface area (Å²) >= 11 is 0. The average Bonchev–Trinajstić information content (AvgIpc) is 2.75. The van der Waals surface area contributed by atoms with E-state index in [2.05, 4.69) is 15.1 Å². The van der Waals surface area contributed by atoms with Crippen LogP contribution in [0.25, 0.3) is 0 Å². The molecule has 1 N–H and O–H groups in total.